The average Bonchev–Trinajstić information content (AvgIpc) is 2.63. The molecule has 24 heavy (non-hydrogen) atoms. The fourth-order valence-electron chi connectivity index (χ4n) is 3.25. The monoisotopic (exact) mass is 346 g/mol. The summed E-state index contributed by atoms with van der Waals surface area (Å²) in [5.41, 5.74) is 2.30. The molecule has 0 saturated carbocycles. The van der Waals surface area contributed by atoms with Gasteiger partial charge in [0.25, 0.3) is 0 Å². The second-order valence-corrected chi connectivity index (χ2v) is 6.29. The number of ether oxygens (including phenoxy) is 2. The lowest BCUT2D eigenvalue weighted by Gasteiger charge is -2.36. The van der Waals surface area contributed by atoms with Crippen molar-refractivity contribution in [2.24, 2.45) is 0 Å². The number of nitrogens with zero attached hydrogens (tertiary/aromatic N) is 1. The highest BCUT2D eigenvalue weighted by Gasteiger charge is 2.26. The largest absolute Gasteiger partial charge is 0.497 e. The third kappa shape index (κ3) is 3.66. The Morgan fingerprint density at radius 2 is 1.83 bits per heavy atom. The van der Waals surface area contributed by atoms with Gasteiger partial charge in [0.15, 0.2) is 0 Å². The molecule has 1 fully saturated rings. The van der Waals surface area contributed by atoms with Crippen LogP contribution in [0.2, 0.25) is 5.02 Å². The minimum Gasteiger partial charge on any atom is -0.497 e. The Morgan fingerprint density at radius 3 is 2.50 bits per heavy atom. The van der Waals surface area contributed by atoms with Crippen LogP contribution in [0.3, 0.4) is 0 Å². The van der Waals surface area contributed by atoms with Crippen LogP contribution in [0, 0.1) is 0 Å². The lowest BCUT2D eigenvalue weighted by Crippen LogP contribution is -2.45. The molecule has 0 radical (unpaired) electrons. The Balaban J connectivity index is 2.07. The summed E-state index contributed by atoms with van der Waals surface area (Å²) in [4.78, 5) is 2.46. The molecule has 1 N–H and O–H groups in total. The standard InChI is InChI=1S/C19H23ClN2O2/c1-23-16-6-7-17(18(13-16)24-2)19(22-10-8-21-9-11-22)14-4-3-5-15(20)12-14/h3-7,12-13,19,21H,8-11H2,1-2H3. The van der Waals surface area contributed by atoms with Gasteiger partial charge in [-0.1, -0.05) is 23.7 Å². The highest BCUT2D eigenvalue weighted by atomic mass is 35.5. The first-order valence-corrected chi connectivity index (χ1v) is 8.53. The van der Waals surface area contributed by atoms with E-state index in [0.29, 0.717) is 0 Å². The summed E-state index contributed by atoms with van der Waals surface area (Å²) in [7, 11) is 3.37. The third-order valence-electron chi connectivity index (χ3n) is 4.42. The predicted molar refractivity (Wildman–Crippen MR) is 97.3 cm³/mol. The van der Waals surface area contributed by atoms with Gasteiger partial charge < -0.3 is 14.8 Å². The fraction of sp³-hybridized carbons (Fsp3) is 0.368. The zero-order valence-corrected chi connectivity index (χ0v) is 14.8. The Labute approximate surface area is 148 Å². The number of methoxy groups -OCH3 is 2. The maximum absolute atomic E-state index is 6.25. The minimum atomic E-state index is 0.103. The number of piperazine rings is 1. The van der Waals surface area contributed by atoms with Gasteiger partial charge in [-0.15, -0.1) is 0 Å². The maximum atomic E-state index is 6.25. The van der Waals surface area contributed by atoms with Crippen molar-refractivity contribution in [3.8, 4) is 11.5 Å². The van der Waals surface area contributed by atoms with Crippen molar-refractivity contribution < 1.29 is 9.47 Å². The normalized spacial score (nSPS) is 16.6. The van der Waals surface area contributed by atoms with E-state index < -0.39 is 0 Å². The van der Waals surface area contributed by atoms with E-state index in [1.165, 1.54) is 5.56 Å². The van der Waals surface area contributed by atoms with Crippen LogP contribution < -0.4 is 14.8 Å². The molecule has 0 aromatic heterocycles. The van der Waals surface area contributed by atoms with Gasteiger partial charge in [0.2, 0.25) is 0 Å². The summed E-state index contributed by atoms with van der Waals surface area (Å²) in [5, 5.41) is 4.16. The van der Waals surface area contributed by atoms with E-state index in [9.17, 15) is 0 Å². The SMILES string of the molecule is COc1ccc(C(c2cccc(Cl)c2)N2CCNCC2)c(OC)c1. The van der Waals surface area contributed by atoms with Crippen molar-refractivity contribution in [3.63, 3.8) is 0 Å². The molecule has 0 aliphatic carbocycles. The van der Waals surface area contributed by atoms with Gasteiger partial charge in [0, 0.05) is 42.8 Å². The van der Waals surface area contributed by atoms with Crippen molar-refractivity contribution in [1.82, 2.24) is 10.2 Å². The summed E-state index contributed by atoms with van der Waals surface area (Å²) >= 11 is 6.25. The van der Waals surface area contributed by atoms with Crippen LogP contribution in [0.1, 0.15) is 17.2 Å². The smallest absolute Gasteiger partial charge is 0.127 e. The first-order chi connectivity index (χ1) is 11.7. The first kappa shape index (κ1) is 17.1. The van der Waals surface area contributed by atoms with Gasteiger partial charge in [-0.2, -0.15) is 0 Å². The van der Waals surface area contributed by atoms with E-state index in [1.807, 2.05) is 30.3 Å². The molecule has 3 rings (SSSR count). The van der Waals surface area contributed by atoms with Gasteiger partial charge in [0.05, 0.1) is 20.3 Å². The van der Waals surface area contributed by atoms with Crippen LogP contribution in [0.25, 0.3) is 0 Å². The Morgan fingerprint density at radius 1 is 1.04 bits per heavy atom. The molecular formula is C19H23ClN2O2. The summed E-state index contributed by atoms with van der Waals surface area (Å²) in [6.45, 7) is 3.92. The van der Waals surface area contributed by atoms with Gasteiger partial charge >= 0.3 is 0 Å². The van der Waals surface area contributed by atoms with Crippen LogP contribution in [-0.4, -0.2) is 45.3 Å². The summed E-state index contributed by atoms with van der Waals surface area (Å²) in [5.74, 6) is 1.62. The van der Waals surface area contributed by atoms with Gasteiger partial charge in [-0.25, -0.2) is 0 Å². The molecule has 1 unspecified atom stereocenters. The Hall–Kier alpha value is -1.75. The molecular weight excluding hydrogens is 324 g/mol. The Bertz CT molecular complexity index is 687. The molecule has 0 spiro atoms. The number of hydrogen-bond acceptors (Lipinski definition) is 4. The molecule has 2 aromatic carbocycles. The summed E-state index contributed by atoms with van der Waals surface area (Å²) in [6.07, 6.45) is 0. The van der Waals surface area contributed by atoms with E-state index >= 15 is 0 Å². The molecule has 1 aliphatic heterocycles. The van der Waals surface area contributed by atoms with E-state index in [-0.39, 0.29) is 6.04 Å². The molecule has 1 atom stereocenters. The quantitative estimate of drug-likeness (QED) is 0.900. The fourth-order valence-corrected chi connectivity index (χ4v) is 3.45. The molecule has 128 valence electrons. The van der Waals surface area contributed by atoms with Crippen molar-refractivity contribution in [1.29, 1.82) is 0 Å². The van der Waals surface area contributed by atoms with E-state index in [2.05, 4.69) is 22.3 Å². The average molecular weight is 347 g/mol. The number of benzene rings is 2. The van der Waals surface area contributed by atoms with Crippen molar-refractivity contribution in [3.05, 3.63) is 58.6 Å². The molecule has 4 nitrogen and oxygen atoms in total. The second kappa shape index (κ2) is 7.88. The third-order valence-corrected chi connectivity index (χ3v) is 4.65. The number of nitrogens with one attached hydrogen (secondary N) is 1. The van der Waals surface area contributed by atoms with Crippen LogP contribution in [-0.2, 0) is 0 Å². The van der Waals surface area contributed by atoms with Gasteiger partial charge in [0.1, 0.15) is 11.5 Å². The number of rotatable bonds is 5. The molecule has 2 aromatic rings. The van der Waals surface area contributed by atoms with E-state index in [1.54, 1.807) is 14.2 Å². The molecule has 1 saturated heterocycles. The van der Waals surface area contributed by atoms with Crippen LogP contribution in [0.4, 0.5) is 0 Å². The van der Waals surface area contributed by atoms with Gasteiger partial charge in [-0.3, -0.25) is 4.90 Å². The van der Waals surface area contributed by atoms with Crippen LogP contribution in [0.15, 0.2) is 42.5 Å². The molecule has 0 bridgehead atoms. The van der Waals surface area contributed by atoms with Crippen molar-refractivity contribution >= 4 is 11.6 Å². The predicted octanol–water partition coefficient (Wildman–Crippen LogP) is 3.35. The van der Waals surface area contributed by atoms with E-state index in [4.69, 9.17) is 21.1 Å². The molecule has 1 heterocycles. The number of halogens is 1. The first-order valence-electron chi connectivity index (χ1n) is 8.15. The summed E-state index contributed by atoms with van der Waals surface area (Å²) in [6, 6.07) is 14.2. The second-order valence-electron chi connectivity index (χ2n) is 5.85. The summed E-state index contributed by atoms with van der Waals surface area (Å²) < 4.78 is 11.0. The Kier molecular flexibility index (Phi) is 5.61. The minimum absolute atomic E-state index is 0.103. The zero-order chi connectivity index (χ0) is 16.9. The lowest BCUT2D eigenvalue weighted by atomic mass is 9.95. The number of hydrogen-bond donors (Lipinski definition) is 1. The van der Waals surface area contributed by atoms with Crippen LogP contribution in [0.5, 0.6) is 11.5 Å². The van der Waals surface area contributed by atoms with Crippen LogP contribution >= 0.6 is 11.6 Å². The topological polar surface area (TPSA) is 33.7 Å². The van der Waals surface area contributed by atoms with Crippen molar-refractivity contribution in [2.75, 3.05) is 40.4 Å². The molecule has 5 heteroatoms. The zero-order valence-electron chi connectivity index (χ0n) is 14.1. The van der Waals surface area contributed by atoms with Gasteiger partial charge in [-0.05, 0) is 29.8 Å². The highest BCUT2D eigenvalue weighted by molar-refractivity contribution is 6.30. The molecule has 1 aliphatic rings. The highest BCUT2D eigenvalue weighted by Crippen LogP contribution is 2.37. The lowest BCUT2D eigenvalue weighted by molar-refractivity contribution is 0.195. The van der Waals surface area contributed by atoms with E-state index in [0.717, 1.165) is 48.3 Å². The molecule has 0 amide bonds. The van der Waals surface area contributed by atoms with Crippen molar-refractivity contribution in [2.45, 2.75) is 6.04 Å². The maximum Gasteiger partial charge on any atom is 0.127 e.